The molecule has 0 aromatic heterocycles. The minimum absolute atomic E-state index is 0.169. The Kier molecular flexibility index (Phi) is 4.19. The van der Waals surface area contributed by atoms with Gasteiger partial charge in [-0.1, -0.05) is 12.8 Å². The molecule has 0 aromatic carbocycles. The van der Waals surface area contributed by atoms with Crippen molar-refractivity contribution < 1.29 is 14.6 Å². The molecule has 4 nitrogen and oxygen atoms in total. The lowest BCUT2D eigenvalue weighted by atomic mass is 9.91. The maximum atomic E-state index is 9.86. The number of rotatable bonds is 4. The van der Waals surface area contributed by atoms with Crippen molar-refractivity contribution in [3.05, 3.63) is 0 Å². The predicted molar refractivity (Wildman–Crippen MR) is 61.4 cm³/mol. The first-order valence-electron chi connectivity index (χ1n) is 6.30. The first-order valence-corrected chi connectivity index (χ1v) is 6.30. The third kappa shape index (κ3) is 2.74. The first kappa shape index (κ1) is 12.3. The lowest BCUT2D eigenvalue weighted by molar-refractivity contribution is -0.0231. The van der Waals surface area contributed by atoms with Gasteiger partial charge >= 0.3 is 0 Å². The summed E-state index contributed by atoms with van der Waals surface area (Å²) in [5, 5.41) is 13.3. The Morgan fingerprint density at radius 3 is 2.88 bits per heavy atom. The van der Waals surface area contributed by atoms with Gasteiger partial charge in [0.2, 0.25) is 0 Å². The zero-order valence-electron chi connectivity index (χ0n) is 10.1. The minimum atomic E-state index is -0.190. The summed E-state index contributed by atoms with van der Waals surface area (Å²) < 4.78 is 10.9. The fourth-order valence-electron chi connectivity index (χ4n) is 2.63. The van der Waals surface area contributed by atoms with Gasteiger partial charge in [0.1, 0.15) is 5.60 Å². The molecule has 4 heteroatoms. The van der Waals surface area contributed by atoms with E-state index in [4.69, 9.17) is 9.47 Å². The molecule has 0 bridgehead atoms. The fraction of sp³-hybridized carbons (Fsp3) is 1.00. The Balaban J connectivity index is 1.80. The second-order valence-electron chi connectivity index (χ2n) is 5.03. The summed E-state index contributed by atoms with van der Waals surface area (Å²) in [7, 11) is 1.74. The van der Waals surface area contributed by atoms with E-state index in [9.17, 15) is 5.11 Å². The van der Waals surface area contributed by atoms with E-state index in [2.05, 4.69) is 5.32 Å². The molecule has 1 saturated heterocycles. The average molecular weight is 229 g/mol. The van der Waals surface area contributed by atoms with Gasteiger partial charge in [0.15, 0.2) is 0 Å². The van der Waals surface area contributed by atoms with Crippen molar-refractivity contribution in [3.63, 3.8) is 0 Å². The van der Waals surface area contributed by atoms with E-state index in [0.29, 0.717) is 6.61 Å². The summed E-state index contributed by atoms with van der Waals surface area (Å²) >= 11 is 0. The van der Waals surface area contributed by atoms with E-state index in [1.807, 2.05) is 0 Å². The van der Waals surface area contributed by atoms with Crippen LogP contribution in [-0.2, 0) is 9.47 Å². The van der Waals surface area contributed by atoms with Crippen LogP contribution < -0.4 is 5.32 Å². The number of methoxy groups -OCH3 is 1. The molecular formula is C12H23NO3. The second kappa shape index (κ2) is 5.45. The SMILES string of the molecule is COC1(CN[C@@H]2CCCC[C@H]2O)CCOC1. The molecule has 0 radical (unpaired) electrons. The molecule has 94 valence electrons. The van der Waals surface area contributed by atoms with Gasteiger partial charge in [-0.3, -0.25) is 0 Å². The molecule has 16 heavy (non-hydrogen) atoms. The largest absolute Gasteiger partial charge is 0.392 e. The van der Waals surface area contributed by atoms with Crippen LogP contribution in [-0.4, -0.2) is 49.7 Å². The van der Waals surface area contributed by atoms with Crippen LogP contribution in [0.4, 0.5) is 0 Å². The van der Waals surface area contributed by atoms with E-state index in [-0.39, 0.29) is 17.7 Å². The lowest BCUT2D eigenvalue weighted by Gasteiger charge is -2.33. The normalized spacial score (nSPS) is 40.1. The van der Waals surface area contributed by atoms with Gasteiger partial charge < -0.3 is 19.9 Å². The van der Waals surface area contributed by atoms with Crippen LogP contribution in [0.25, 0.3) is 0 Å². The molecule has 0 spiro atoms. The highest BCUT2D eigenvalue weighted by Gasteiger charge is 2.36. The van der Waals surface area contributed by atoms with Crippen molar-refractivity contribution >= 4 is 0 Å². The van der Waals surface area contributed by atoms with Crippen molar-refractivity contribution in [2.75, 3.05) is 26.9 Å². The number of hydrogen-bond acceptors (Lipinski definition) is 4. The average Bonchev–Trinajstić information content (AvgIpc) is 2.78. The monoisotopic (exact) mass is 229 g/mol. The number of aliphatic hydroxyl groups excluding tert-OH is 1. The highest BCUT2D eigenvalue weighted by molar-refractivity contribution is 4.90. The molecule has 1 heterocycles. The number of ether oxygens (including phenoxy) is 2. The molecule has 2 rings (SSSR count). The Bertz CT molecular complexity index is 216. The number of hydrogen-bond donors (Lipinski definition) is 2. The fourth-order valence-corrected chi connectivity index (χ4v) is 2.63. The van der Waals surface area contributed by atoms with E-state index in [0.717, 1.165) is 38.8 Å². The van der Waals surface area contributed by atoms with Crippen molar-refractivity contribution in [2.24, 2.45) is 0 Å². The van der Waals surface area contributed by atoms with Crippen molar-refractivity contribution in [1.82, 2.24) is 5.32 Å². The first-order chi connectivity index (χ1) is 7.76. The van der Waals surface area contributed by atoms with Gasteiger partial charge in [-0.2, -0.15) is 0 Å². The minimum Gasteiger partial charge on any atom is -0.392 e. The molecular weight excluding hydrogens is 206 g/mol. The molecule has 0 aromatic rings. The van der Waals surface area contributed by atoms with Gasteiger partial charge in [0.25, 0.3) is 0 Å². The summed E-state index contributed by atoms with van der Waals surface area (Å²) in [5.74, 6) is 0. The standard InChI is InChI=1S/C12H23NO3/c1-15-12(6-7-16-9-12)8-13-10-4-2-3-5-11(10)14/h10-11,13-14H,2-9H2,1H3/t10-,11-,12?/m1/s1. The lowest BCUT2D eigenvalue weighted by Crippen LogP contribution is -2.50. The highest BCUT2D eigenvalue weighted by Crippen LogP contribution is 2.23. The molecule has 0 amide bonds. The molecule has 1 unspecified atom stereocenters. The van der Waals surface area contributed by atoms with Crippen LogP contribution >= 0.6 is 0 Å². The molecule has 1 saturated carbocycles. The maximum Gasteiger partial charge on any atom is 0.106 e. The zero-order valence-corrected chi connectivity index (χ0v) is 10.1. The third-order valence-electron chi connectivity index (χ3n) is 3.92. The van der Waals surface area contributed by atoms with Crippen LogP contribution in [0.2, 0.25) is 0 Å². The summed E-state index contributed by atoms with van der Waals surface area (Å²) in [5.41, 5.74) is -0.169. The van der Waals surface area contributed by atoms with E-state index in [1.165, 1.54) is 6.42 Å². The van der Waals surface area contributed by atoms with Gasteiger partial charge in [-0.25, -0.2) is 0 Å². The smallest absolute Gasteiger partial charge is 0.106 e. The van der Waals surface area contributed by atoms with Gasteiger partial charge in [0, 0.05) is 32.7 Å². The van der Waals surface area contributed by atoms with Crippen LogP contribution in [0, 0.1) is 0 Å². The predicted octanol–water partition coefficient (Wildman–Crippen LogP) is 0.685. The molecule has 1 aliphatic carbocycles. The second-order valence-corrected chi connectivity index (χ2v) is 5.03. The number of nitrogens with one attached hydrogen (secondary N) is 1. The Hall–Kier alpha value is -0.160. The van der Waals surface area contributed by atoms with Crippen LogP contribution in [0.1, 0.15) is 32.1 Å². The topological polar surface area (TPSA) is 50.7 Å². The molecule has 2 fully saturated rings. The summed E-state index contributed by atoms with van der Waals surface area (Å²) in [6.45, 7) is 2.23. The van der Waals surface area contributed by atoms with Gasteiger partial charge in [-0.05, 0) is 12.8 Å². The third-order valence-corrected chi connectivity index (χ3v) is 3.92. The highest BCUT2D eigenvalue weighted by atomic mass is 16.5. The molecule has 1 aliphatic heterocycles. The molecule has 2 aliphatic rings. The van der Waals surface area contributed by atoms with Crippen LogP contribution in [0.5, 0.6) is 0 Å². The van der Waals surface area contributed by atoms with E-state index in [1.54, 1.807) is 7.11 Å². The Morgan fingerprint density at radius 1 is 1.44 bits per heavy atom. The van der Waals surface area contributed by atoms with Crippen LogP contribution in [0.15, 0.2) is 0 Å². The summed E-state index contributed by atoms with van der Waals surface area (Å²) in [6.07, 6.45) is 5.11. The molecule has 3 atom stereocenters. The Morgan fingerprint density at radius 2 is 2.25 bits per heavy atom. The molecule has 2 N–H and O–H groups in total. The van der Waals surface area contributed by atoms with Crippen molar-refractivity contribution in [1.29, 1.82) is 0 Å². The zero-order chi connectivity index (χ0) is 11.4. The quantitative estimate of drug-likeness (QED) is 0.744. The maximum absolute atomic E-state index is 9.86. The van der Waals surface area contributed by atoms with Crippen molar-refractivity contribution in [3.8, 4) is 0 Å². The van der Waals surface area contributed by atoms with E-state index < -0.39 is 0 Å². The van der Waals surface area contributed by atoms with Gasteiger partial charge in [0.05, 0.1) is 12.7 Å². The summed E-state index contributed by atoms with van der Waals surface area (Å²) in [4.78, 5) is 0. The van der Waals surface area contributed by atoms with Gasteiger partial charge in [-0.15, -0.1) is 0 Å². The number of aliphatic hydroxyl groups is 1. The van der Waals surface area contributed by atoms with Crippen molar-refractivity contribution in [2.45, 2.75) is 49.9 Å². The summed E-state index contributed by atoms with van der Waals surface area (Å²) in [6, 6.07) is 0.237. The van der Waals surface area contributed by atoms with E-state index >= 15 is 0 Å². The van der Waals surface area contributed by atoms with Crippen LogP contribution in [0.3, 0.4) is 0 Å². The Labute approximate surface area is 97.3 Å².